The van der Waals surface area contributed by atoms with E-state index >= 15 is 0 Å². The topological polar surface area (TPSA) is 64.3 Å². The molecule has 0 aliphatic carbocycles. The van der Waals surface area contributed by atoms with Gasteiger partial charge < -0.3 is 10.1 Å². The normalized spacial score (nSPS) is 12.9. The summed E-state index contributed by atoms with van der Waals surface area (Å²) < 4.78 is 48.4. The molecular formula is C21H16F3N5O. The SMILES string of the molecule is Fc1ccc2c(c1CNc1ncc(-c3cccnc3C(F)F)c3cncn13)CCO2. The number of nitrogens with zero attached hydrogens (tertiary/aromatic N) is 4. The van der Waals surface area contributed by atoms with Crippen LogP contribution in [0.25, 0.3) is 16.6 Å². The van der Waals surface area contributed by atoms with Crippen LogP contribution in [0.1, 0.15) is 23.2 Å². The number of fused-ring (bicyclic) bond motifs is 2. The third-order valence-electron chi connectivity index (χ3n) is 5.16. The molecule has 0 unspecified atom stereocenters. The van der Waals surface area contributed by atoms with Crippen molar-refractivity contribution in [2.75, 3.05) is 11.9 Å². The Bertz CT molecular complexity index is 1240. The van der Waals surface area contributed by atoms with E-state index in [0.717, 1.165) is 5.56 Å². The second-order valence-corrected chi connectivity index (χ2v) is 6.84. The number of aromatic nitrogens is 4. The summed E-state index contributed by atoms with van der Waals surface area (Å²) in [6.07, 6.45) is 3.86. The minimum Gasteiger partial charge on any atom is -0.493 e. The number of pyridine rings is 1. The highest BCUT2D eigenvalue weighted by molar-refractivity contribution is 5.81. The molecule has 1 aromatic carbocycles. The second-order valence-electron chi connectivity index (χ2n) is 6.84. The van der Waals surface area contributed by atoms with Crippen LogP contribution >= 0.6 is 0 Å². The van der Waals surface area contributed by atoms with Gasteiger partial charge in [-0.05, 0) is 18.2 Å². The van der Waals surface area contributed by atoms with Gasteiger partial charge in [0.05, 0.1) is 18.3 Å². The molecule has 0 radical (unpaired) electrons. The van der Waals surface area contributed by atoms with Crippen LogP contribution in [-0.4, -0.2) is 26.0 Å². The van der Waals surface area contributed by atoms with Crippen molar-refractivity contribution in [3.63, 3.8) is 0 Å². The highest BCUT2D eigenvalue weighted by Crippen LogP contribution is 2.33. The highest BCUT2D eigenvalue weighted by atomic mass is 19.3. The lowest BCUT2D eigenvalue weighted by atomic mass is 10.0. The highest BCUT2D eigenvalue weighted by Gasteiger charge is 2.21. The molecule has 4 aromatic rings. The van der Waals surface area contributed by atoms with E-state index in [1.165, 1.54) is 24.8 Å². The molecule has 0 atom stereocenters. The summed E-state index contributed by atoms with van der Waals surface area (Å²) in [6.45, 7) is 0.731. The lowest BCUT2D eigenvalue weighted by Crippen LogP contribution is -2.09. The Morgan fingerprint density at radius 2 is 2.03 bits per heavy atom. The molecule has 6 nitrogen and oxygen atoms in total. The first-order valence-electron chi connectivity index (χ1n) is 9.35. The van der Waals surface area contributed by atoms with Gasteiger partial charge in [0, 0.05) is 47.6 Å². The number of rotatable bonds is 5. The number of hydrogen-bond acceptors (Lipinski definition) is 5. The van der Waals surface area contributed by atoms with Crippen LogP contribution in [0.2, 0.25) is 0 Å². The lowest BCUT2D eigenvalue weighted by molar-refractivity contribution is 0.147. The number of anilines is 1. The Balaban J connectivity index is 1.51. The first-order valence-corrected chi connectivity index (χ1v) is 9.35. The van der Waals surface area contributed by atoms with E-state index in [9.17, 15) is 13.2 Å². The van der Waals surface area contributed by atoms with Crippen molar-refractivity contribution in [2.24, 2.45) is 0 Å². The van der Waals surface area contributed by atoms with Crippen LogP contribution in [-0.2, 0) is 13.0 Å². The minimum atomic E-state index is -2.72. The number of imidazole rings is 1. The van der Waals surface area contributed by atoms with E-state index in [0.29, 0.717) is 46.9 Å². The summed E-state index contributed by atoms with van der Waals surface area (Å²) in [4.78, 5) is 12.3. The Hall–Kier alpha value is -3.62. The standard InChI is InChI=1S/C21H16F3N5O/c22-16-3-4-18-12(5-7-30-18)14(16)8-27-21-28-9-15(17-10-25-11-29(17)21)13-2-1-6-26-19(13)20(23)24/h1-4,6,9-11,20H,5,7-8H2,(H,27,28). The molecule has 0 spiro atoms. The Morgan fingerprint density at radius 1 is 1.13 bits per heavy atom. The minimum absolute atomic E-state index is 0.202. The van der Waals surface area contributed by atoms with Crippen molar-refractivity contribution >= 4 is 11.5 Å². The summed E-state index contributed by atoms with van der Waals surface area (Å²) in [5.41, 5.74) is 2.42. The summed E-state index contributed by atoms with van der Waals surface area (Å²) in [5, 5.41) is 3.13. The fraction of sp³-hybridized carbons (Fsp3) is 0.190. The van der Waals surface area contributed by atoms with Crippen molar-refractivity contribution in [3.8, 4) is 16.9 Å². The van der Waals surface area contributed by atoms with Gasteiger partial charge >= 0.3 is 0 Å². The summed E-state index contributed by atoms with van der Waals surface area (Å²) in [5.74, 6) is 0.798. The maximum atomic E-state index is 14.4. The number of benzene rings is 1. The van der Waals surface area contributed by atoms with Crippen LogP contribution in [0.3, 0.4) is 0 Å². The Labute approximate surface area is 169 Å². The zero-order chi connectivity index (χ0) is 20.7. The first-order chi connectivity index (χ1) is 14.6. The zero-order valence-electron chi connectivity index (χ0n) is 15.6. The van der Waals surface area contributed by atoms with Gasteiger partial charge in [0.15, 0.2) is 0 Å². The summed E-state index contributed by atoms with van der Waals surface area (Å²) >= 11 is 0. The molecule has 4 heterocycles. The lowest BCUT2D eigenvalue weighted by Gasteiger charge is -2.14. The van der Waals surface area contributed by atoms with E-state index in [1.807, 2.05) is 0 Å². The Kier molecular flexibility index (Phi) is 4.50. The average molecular weight is 411 g/mol. The molecule has 0 amide bonds. The van der Waals surface area contributed by atoms with E-state index < -0.39 is 6.43 Å². The Morgan fingerprint density at radius 3 is 2.90 bits per heavy atom. The summed E-state index contributed by atoms with van der Waals surface area (Å²) in [7, 11) is 0. The average Bonchev–Trinajstić information content (AvgIpc) is 3.42. The summed E-state index contributed by atoms with van der Waals surface area (Å²) in [6, 6.07) is 6.20. The van der Waals surface area contributed by atoms with E-state index in [1.54, 1.807) is 28.8 Å². The quantitative estimate of drug-likeness (QED) is 0.527. The van der Waals surface area contributed by atoms with Crippen LogP contribution in [0, 0.1) is 5.82 Å². The number of alkyl halides is 2. The van der Waals surface area contributed by atoms with E-state index in [2.05, 4.69) is 20.3 Å². The van der Waals surface area contributed by atoms with Crippen LogP contribution in [0.5, 0.6) is 5.75 Å². The molecule has 5 rings (SSSR count). The predicted octanol–water partition coefficient (Wildman–Crippen LogP) is 4.42. The molecule has 1 N–H and O–H groups in total. The zero-order valence-corrected chi connectivity index (χ0v) is 15.6. The number of hydrogen-bond donors (Lipinski definition) is 1. The van der Waals surface area contributed by atoms with E-state index in [-0.39, 0.29) is 18.1 Å². The van der Waals surface area contributed by atoms with Gasteiger partial charge in [-0.1, -0.05) is 6.07 Å². The van der Waals surface area contributed by atoms with Crippen LogP contribution < -0.4 is 10.1 Å². The number of ether oxygens (including phenoxy) is 1. The van der Waals surface area contributed by atoms with Crippen LogP contribution in [0.15, 0.2) is 49.2 Å². The monoisotopic (exact) mass is 411 g/mol. The third kappa shape index (κ3) is 3.02. The molecule has 0 bridgehead atoms. The largest absolute Gasteiger partial charge is 0.493 e. The molecule has 3 aromatic heterocycles. The van der Waals surface area contributed by atoms with Gasteiger partial charge in [0.2, 0.25) is 5.95 Å². The molecule has 0 fully saturated rings. The van der Waals surface area contributed by atoms with Crippen LogP contribution in [0.4, 0.5) is 19.1 Å². The second kappa shape index (κ2) is 7.33. The van der Waals surface area contributed by atoms with Crippen molar-refractivity contribution in [3.05, 3.63) is 71.8 Å². The number of nitrogens with one attached hydrogen (secondary N) is 1. The van der Waals surface area contributed by atoms with Gasteiger partial charge in [-0.3, -0.25) is 9.38 Å². The molecular weight excluding hydrogens is 395 g/mol. The van der Waals surface area contributed by atoms with Gasteiger partial charge in [0.1, 0.15) is 23.6 Å². The van der Waals surface area contributed by atoms with Crippen molar-refractivity contribution < 1.29 is 17.9 Å². The predicted molar refractivity (Wildman–Crippen MR) is 104 cm³/mol. The van der Waals surface area contributed by atoms with Gasteiger partial charge in [-0.15, -0.1) is 0 Å². The molecule has 0 saturated heterocycles. The van der Waals surface area contributed by atoms with Gasteiger partial charge in [-0.25, -0.2) is 23.1 Å². The maximum absolute atomic E-state index is 14.4. The molecule has 1 aliphatic rings. The van der Waals surface area contributed by atoms with E-state index in [4.69, 9.17) is 4.74 Å². The van der Waals surface area contributed by atoms with Gasteiger partial charge in [0.25, 0.3) is 6.43 Å². The molecule has 0 saturated carbocycles. The molecule has 152 valence electrons. The molecule has 9 heteroatoms. The molecule has 30 heavy (non-hydrogen) atoms. The van der Waals surface area contributed by atoms with Crippen molar-refractivity contribution in [1.82, 2.24) is 19.4 Å². The molecule has 1 aliphatic heterocycles. The fourth-order valence-corrected chi connectivity index (χ4v) is 3.75. The van der Waals surface area contributed by atoms with Gasteiger partial charge in [-0.2, -0.15) is 0 Å². The third-order valence-corrected chi connectivity index (χ3v) is 5.16. The van der Waals surface area contributed by atoms with Crippen molar-refractivity contribution in [1.29, 1.82) is 0 Å². The number of halogens is 3. The maximum Gasteiger partial charge on any atom is 0.280 e. The first kappa shape index (κ1) is 18.4. The smallest absolute Gasteiger partial charge is 0.280 e. The fourth-order valence-electron chi connectivity index (χ4n) is 3.75. The van der Waals surface area contributed by atoms with Crippen molar-refractivity contribution in [2.45, 2.75) is 19.4 Å².